The van der Waals surface area contributed by atoms with Crippen LogP contribution in [0.3, 0.4) is 0 Å². The van der Waals surface area contributed by atoms with Gasteiger partial charge in [0.15, 0.2) is 0 Å². The number of nitrogens with one attached hydrogen (secondary N) is 2. The van der Waals surface area contributed by atoms with Gasteiger partial charge in [-0.25, -0.2) is 0 Å². The summed E-state index contributed by atoms with van der Waals surface area (Å²) in [5.74, 6) is 0.811. The zero-order valence-electron chi connectivity index (χ0n) is 11.1. The third-order valence-electron chi connectivity index (χ3n) is 3.61. The van der Waals surface area contributed by atoms with Gasteiger partial charge in [-0.05, 0) is 69.4 Å². The summed E-state index contributed by atoms with van der Waals surface area (Å²) in [6.07, 6.45) is 3.80. The van der Waals surface area contributed by atoms with Crippen molar-refractivity contribution in [3.8, 4) is 0 Å². The molecule has 1 aromatic carbocycles. The number of hydrogen-bond donors (Lipinski definition) is 2. The highest BCUT2D eigenvalue weighted by Crippen LogP contribution is 2.12. The lowest BCUT2D eigenvalue weighted by molar-refractivity contribution is 0.346. The highest BCUT2D eigenvalue weighted by atomic mass is 79.9. The zero-order chi connectivity index (χ0) is 12.8. The first-order valence-corrected chi connectivity index (χ1v) is 7.72. The van der Waals surface area contributed by atoms with Crippen LogP contribution in [0.5, 0.6) is 0 Å². The van der Waals surface area contributed by atoms with Gasteiger partial charge < -0.3 is 10.6 Å². The van der Waals surface area contributed by atoms with Crippen LogP contribution in [0.15, 0.2) is 28.7 Å². The van der Waals surface area contributed by atoms with Gasteiger partial charge in [-0.3, -0.25) is 0 Å². The maximum Gasteiger partial charge on any atom is 0.0175 e. The van der Waals surface area contributed by atoms with E-state index in [2.05, 4.69) is 57.8 Å². The van der Waals surface area contributed by atoms with Crippen molar-refractivity contribution in [1.29, 1.82) is 0 Å². The van der Waals surface area contributed by atoms with Crippen molar-refractivity contribution >= 4 is 15.9 Å². The molecule has 1 saturated heterocycles. The van der Waals surface area contributed by atoms with E-state index in [-0.39, 0.29) is 0 Å². The molecule has 100 valence electrons. The van der Waals surface area contributed by atoms with Gasteiger partial charge in [0.2, 0.25) is 0 Å². The second-order valence-corrected chi connectivity index (χ2v) is 6.27. The van der Waals surface area contributed by atoms with Crippen LogP contribution in [0.4, 0.5) is 0 Å². The highest BCUT2D eigenvalue weighted by molar-refractivity contribution is 9.10. The predicted molar refractivity (Wildman–Crippen MR) is 80.9 cm³/mol. The number of hydrogen-bond acceptors (Lipinski definition) is 2. The molecular weight excluding hydrogens is 288 g/mol. The van der Waals surface area contributed by atoms with Gasteiger partial charge in [-0.1, -0.05) is 28.1 Å². The summed E-state index contributed by atoms with van der Waals surface area (Å²) in [6.45, 7) is 5.80. The van der Waals surface area contributed by atoms with E-state index in [4.69, 9.17) is 0 Å². The molecule has 2 rings (SSSR count). The van der Waals surface area contributed by atoms with E-state index in [1.165, 1.54) is 31.5 Å². The molecule has 1 aromatic rings. The zero-order valence-corrected chi connectivity index (χ0v) is 12.7. The fourth-order valence-corrected chi connectivity index (χ4v) is 2.78. The average Bonchev–Trinajstić information content (AvgIpc) is 2.40. The third kappa shape index (κ3) is 4.71. The molecule has 1 heterocycles. The first-order valence-electron chi connectivity index (χ1n) is 6.92. The fourth-order valence-electron chi connectivity index (χ4n) is 2.51. The molecule has 0 spiro atoms. The van der Waals surface area contributed by atoms with Gasteiger partial charge in [0, 0.05) is 10.5 Å². The molecule has 0 aliphatic carbocycles. The Hall–Kier alpha value is -0.380. The Morgan fingerprint density at radius 2 is 2.17 bits per heavy atom. The summed E-state index contributed by atoms with van der Waals surface area (Å²) in [7, 11) is 0. The van der Waals surface area contributed by atoms with Crippen LogP contribution in [0, 0.1) is 5.92 Å². The predicted octanol–water partition coefficient (Wildman–Crippen LogP) is 2.97. The van der Waals surface area contributed by atoms with Crippen LogP contribution in [-0.4, -0.2) is 25.7 Å². The van der Waals surface area contributed by atoms with Gasteiger partial charge >= 0.3 is 0 Å². The van der Waals surface area contributed by atoms with Crippen molar-refractivity contribution in [2.24, 2.45) is 5.92 Å². The van der Waals surface area contributed by atoms with Gasteiger partial charge in [0.1, 0.15) is 0 Å². The van der Waals surface area contributed by atoms with Crippen LogP contribution in [0.25, 0.3) is 0 Å². The number of rotatable bonds is 5. The number of halogens is 1. The van der Waals surface area contributed by atoms with E-state index < -0.39 is 0 Å². The van der Waals surface area contributed by atoms with E-state index in [1.807, 2.05) is 0 Å². The molecule has 18 heavy (non-hydrogen) atoms. The summed E-state index contributed by atoms with van der Waals surface area (Å²) in [4.78, 5) is 0. The molecule has 1 aliphatic rings. The molecule has 0 bridgehead atoms. The summed E-state index contributed by atoms with van der Waals surface area (Å²) in [5, 5.41) is 7.13. The van der Waals surface area contributed by atoms with Crippen molar-refractivity contribution in [1.82, 2.24) is 10.6 Å². The van der Waals surface area contributed by atoms with Crippen LogP contribution < -0.4 is 10.6 Å². The molecule has 2 atom stereocenters. The minimum Gasteiger partial charge on any atom is -0.316 e. The molecule has 0 saturated carbocycles. The lowest BCUT2D eigenvalue weighted by atomic mass is 9.99. The van der Waals surface area contributed by atoms with E-state index >= 15 is 0 Å². The Labute approximate surface area is 119 Å². The second-order valence-electron chi connectivity index (χ2n) is 5.35. The lowest BCUT2D eigenvalue weighted by Gasteiger charge is -2.25. The Bertz CT molecular complexity index is 344. The topological polar surface area (TPSA) is 24.1 Å². The first kappa shape index (κ1) is 14.0. The van der Waals surface area contributed by atoms with E-state index in [9.17, 15) is 0 Å². The SMILES string of the molecule is CC(Cc1ccc(Br)cc1)NCC1CCCNC1. The molecule has 0 radical (unpaired) electrons. The Morgan fingerprint density at radius 1 is 1.39 bits per heavy atom. The summed E-state index contributed by atoms with van der Waals surface area (Å²) in [5.41, 5.74) is 1.40. The Morgan fingerprint density at radius 3 is 2.83 bits per heavy atom. The van der Waals surface area contributed by atoms with Crippen LogP contribution in [0.1, 0.15) is 25.3 Å². The summed E-state index contributed by atoms with van der Waals surface area (Å²) >= 11 is 3.47. The minimum absolute atomic E-state index is 0.549. The first-order chi connectivity index (χ1) is 8.74. The molecule has 0 aromatic heterocycles. The van der Waals surface area contributed by atoms with Crippen molar-refractivity contribution in [2.45, 2.75) is 32.2 Å². The second kappa shape index (κ2) is 7.27. The molecular formula is C15H23BrN2. The van der Waals surface area contributed by atoms with Crippen LogP contribution in [0.2, 0.25) is 0 Å². The van der Waals surface area contributed by atoms with E-state index in [0.29, 0.717) is 6.04 Å². The average molecular weight is 311 g/mol. The van der Waals surface area contributed by atoms with Crippen molar-refractivity contribution < 1.29 is 0 Å². The number of benzene rings is 1. The molecule has 0 amide bonds. The van der Waals surface area contributed by atoms with Crippen LogP contribution >= 0.6 is 15.9 Å². The Balaban J connectivity index is 1.71. The van der Waals surface area contributed by atoms with Crippen molar-refractivity contribution in [2.75, 3.05) is 19.6 Å². The molecule has 2 N–H and O–H groups in total. The molecule has 3 heteroatoms. The molecule has 1 fully saturated rings. The van der Waals surface area contributed by atoms with Crippen molar-refractivity contribution in [3.05, 3.63) is 34.3 Å². The van der Waals surface area contributed by atoms with Crippen LogP contribution in [-0.2, 0) is 6.42 Å². The number of piperidine rings is 1. The standard InChI is InChI=1S/C15H23BrN2/c1-12(9-13-4-6-15(16)7-5-13)18-11-14-3-2-8-17-10-14/h4-7,12,14,17-18H,2-3,8-11H2,1H3. The third-order valence-corrected chi connectivity index (χ3v) is 4.14. The molecule has 1 aliphatic heterocycles. The molecule has 2 nitrogen and oxygen atoms in total. The maximum absolute atomic E-state index is 3.66. The van der Waals surface area contributed by atoms with E-state index in [1.54, 1.807) is 0 Å². The smallest absolute Gasteiger partial charge is 0.0175 e. The van der Waals surface area contributed by atoms with Gasteiger partial charge in [-0.15, -0.1) is 0 Å². The quantitative estimate of drug-likeness (QED) is 0.873. The van der Waals surface area contributed by atoms with Gasteiger partial charge in [0.25, 0.3) is 0 Å². The van der Waals surface area contributed by atoms with Crippen molar-refractivity contribution in [3.63, 3.8) is 0 Å². The molecule has 2 unspecified atom stereocenters. The Kier molecular flexibility index (Phi) is 5.67. The summed E-state index contributed by atoms with van der Waals surface area (Å²) < 4.78 is 1.15. The van der Waals surface area contributed by atoms with Gasteiger partial charge in [-0.2, -0.15) is 0 Å². The maximum atomic E-state index is 3.66. The monoisotopic (exact) mass is 310 g/mol. The minimum atomic E-state index is 0.549. The van der Waals surface area contributed by atoms with E-state index in [0.717, 1.165) is 23.4 Å². The van der Waals surface area contributed by atoms with Gasteiger partial charge in [0.05, 0.1) is 0 Å². The summed E-state index contributed by atoms with van der Waals surface area (Å²) in [6, 6.07) is 9.18. The normalized spacial score (nSPS) is 21.8. The highest BCUT2D eigenvalue weighted by Gasteiger charge is 2.13. The largest absolute Gasteiger partial charge is 0.316 e. The lowest BCUT2D eigenvalue weighted by Crippen LogP contribution is -2.39. The fraction of sp³-hybridized carbons (Fsp3) is 0.600.